The highest BCUT2D eigenvalue weighted by atomic mass is 16.2. The van der Waals surface area contributed by atoms with Crippen molar-refractivity contribution >= 4 is 17.5 Å². The Morgan fingerprint density at radius 3 is 2.46 bits per heavy atom. The molecule has 4 rings (SSSR count). The molecule has 5 heteroatoms. The molecule has 2 aromatic carbocycles. The van der Waals surface area contributed by atoms with E-state index in [9.17, 15) is 9.59 Å². The van der Waals surface area contributed by atoms with Crippen LogP contribution in [-0.2, 0) is 11.2 Å². The molecule has 1 saturated heterocycles. The van der Waals surface area contributed by atoms with Crippen LogP contribution in [0.3, 0.4) is 0 Å². The zero-order chi connectivity index (χ0) is 19.5. The van der Waals surface area contributed by atoms with Gasteiger partial charge in [-0.05, 0) is 43.2 Å². The van der Waals surface area contributed by atoms with Crippen molar-refractivity contribution in [2.24, 2.45) is 0 Å². The fourth-order valence-electron chi connectivity index (χ4n) is 3.66. The normalized spacial score (nSPS) is 17.0. The van der Waals surface area contributed by atoms with Crippen LogP contribution in [0.2, 0.25) is 0 Å². The molecule has 0 aliphatic carbocycles. The van der Waals surface area contributed by atoms with Crippen molar-refractivity contribution in [1.29, 1.82) is 0 Å². The summed E-state index contributed by atoms with van der Waals surface area (Å²) in [6, 6.07) is 21.5. The van der Waals surface area contributed by atoms with Gasteiger partial charge in [-0.2, -0.15) is 0 Å². The Morgan fingerprint density at radius 1 is 1.04 bits per heavy atom. The average molecular weight is 373 g/mol. The maximum atomic E-state index is 13.0. The van der Waals surface area contributed by atoms with Gasteiger partial charge in [0.05, 0.1) is 6.04 Å². The van der Waals surface area contributed by atoms with Crippen molar-refractivity contribution in [2.75, 3.05) is 18.0 Å². The Hall–Kier alpha value is -3.34. The molecule has 2 heterocycles. The molecule has 5 nitrogen and oxygen atoms in total. The van der Waals surface area contributed by atoms with Gasteiger partial charge in [0.1, 0.15) is 12.2 Å². The summed E-state index contributed by atoms with van der Waals surface area (Å²) in [6.45, 7) is 2.57. The van der Waals surface area contributed by atoms with Gasteiger partial charge >= 0.3 is 0 Å². The van der Waals surface area contributed by atoms with Crippen LogP contribution in [0.4, 0.5) is 5.69 Å². The van der Waals surface area contributed by atoms with E-state index in [1.54, 1.807) is 28.1 Å². The summed E-state index contributed by atoms with van der Waals surface area (Å²) in [5, 5.41) is 0. The van der Waals surface area contributed by atoms with Crippen LogP contribution >= 0.6 is 0 Å². The fraction of sp³-hybridized carbons (Fsp3) is 0.217. The molecule has 1 aliphatic rings. The summed E-state index contributed by atoms with van der Waals surface area (Å²) >= 11 is 0. The standard InChI is InChI=1S/C23H23N3O2/c1-17-9-11-19(12-10-17)25-15-20(14-18-6-3-2-4-7-18)26(16-22(25)27)23(28)21-8-5-13-24-21/h2-13,20,24H,14-16H2,1H3/t20-/m0/s1. The third-order valence-corrected chi connectivity index (χ3v) is 5.19. The highest BCUT2D eigenvalue weighted by Crippen LogP contribution is 2.24. The largest absolute Gasteiger partial charge is 0.357 e. The van der Waals surface area contributed by atoms with Gasteiger partial charge in [0.2, 0.25) is 5.91 Å². The molecule has 28 heavy (non-hydrogen) atoms. The van der Waals surface area contributed by atoms with Crippen molar-refractivity contribution in [2.45, 2.75) is 19.4 Å². The summed E-state index contributed by atoms with van der Waals surface area (Å²) in [5.41, 5.74) is 3.68. The third kappa shape index (κ3) is 3.69. The van der Waals surface area contributed by atoms with Gasteiger partial charge in [-0.1, -0.05) is 48.0 Å². The number of hydrogen-bond acceptors (Lipinski definition) is 2. The first kappa shape index (κ1) is 18.0. The number of benzene rings is 2. The zero-order valence-electron chi connectivity index (χ0n) is 15.8. The number of rotatable bonds is 4. The number of nitrogens with zero attached hydrogens (tertiary/aromatic N) is 2. The van der Waals surface area contributed by atoms with E-state index in [-0.39, 0.29) is 24.4 Å². The molecule has 0 radical (unpaired) electrons. The van der Waals surface area contributed by atoms with E-state index in [1.165, 1.54) is 0 Å². The van der Waals surface area contributed by atoms with Crippen molar-refractivity contribution in [3.8, 4) is 0 Å². The topological polar surface area (TPSA) is 56.4 Å². The van der Waals surface area contributed by atoms with Crippen LogP contribution in [0, 0.1) is 6.92 Å². The van der Waals surface area contributed by atoms with Crippen molar-refractivity contribution < 1.29 is 9.59 Å². The van der Waals surface area contributed by atoms with E-state index in [0.717, 1.165) is 16.8 Å². The smallest absolute Gasteiger partial charge is 0.271 e. The van der Waals surface area contributed by atoms with Crippen LogP contribution in [0.15, 0.2) is 72.9 Å². The first-order valence-corrected chi connectivity index (χ1v) is 9.47. The summed E-state index contributed by atoms with van der Waals surface area (Å²) in [4.78, 5) is 32.4. The lowest BCUT2D eigenvalue weighted by Crippen LogP contribution is -2.59. The molecule has 1 fully saturated rings. The van der Waals surface area contributed by atoms with Crippen LogP contribution < -0.4 is 4.90 Å². The summed E-state index contributed by atoms with van der Waals surface area (Å²) in [5.74, 6) is -0.198. The molecule has 1 aromatic heterocycles. The maximum absolute atomic E-state index is 13.0. The van der Waals surface area contributed by atoms with Crippen LogP contribution in [0.1, 0.15) is 21.6 Å². The quantitative estimate of drug-likeness (QED) is 0.762. The van der Waals surface area contributed by atoms with Crippen molar-refractivity contribution in [3.63, 3.8) is 0 Å². The number of amides is 2. The van der Waals surface area contributed by atoms with Crippen LogP contribution in [0.25, 0.3) is 0 Å². The molecule has 142 valence electrons. The molecular formula is C23H23N3O2. The van der Waals surface area contributed by atoms with Crippen LogP contribution in [-0.4, -0.2) is 40.8 Å². The van der Waals surface area contributed by atoms with Gasteiger partial charge in [-0.25, -0.2) is 0 Å². The minimum absolute atomic E-state index is 0.0620. The number of aryl methyl sites for hydroxylation is 1. The van der Waals surface area contributed by atoms with Gasteiger partial charge < -0.3 is 14.8 Å². The lowest BCUT2D eigenvalue weighted by molar-refractivity contribution is -0.121. The lowest BCUT2D eigenvalue weighted by Gasteiger charge is -2.41. The van der Waals surface area contributed by atoms with Crippen molar-refractivity contribution in [1.82, 2.24) is 9.88 Å². The molecule has 2 amide bonds. The first-order chi connectivity index (χ1) is 13.6. The zero-order valence-corrected chi connectivity index (χ0v) is 15.8. The number of aromatic nitrogens is 1. The second-order valence-corrected chi connectivity index (χ2v) is 7.20. The van der Waals surface area contributed by atoms with E-state index in [4.69, 9.17) is 0 Å². The second kappa shape index (κ2) is 7.72. The molecule has 1 aliphatic heterocycles. The number of aromatic amines is 1. The Bertz CT molecular complexity index is 949. The van der Waals surface area contributed by atoms with Gasteiger partial charge in [-0.3, -0.25) is 9.59 Å². The Kier molecular flexibility index (Phi) is 4.98. The van der Waals surface area contributed by atoms with Gasteiger partial charge in [0.15, 0.2) is 0 Å². The highest BCUT2D eigenvalue weighted by molar-refractivity contribution is 6.01. The first-order valence-electron chi connectivity index (χ1n) is 9.47. The van der Waals surface area contributed by atoms with Crippen molar-refractivity contribution in [3.05, 3.63) is 89.7 Å². The number of carbonyl (C=O) groups is 2. The predicted octanol–water partition coefficient (Wildman–Crippen LogP) is 3.42. The average Bonchev–Trinajstić information content (AvgIpc) is 3.25. The minimum Gasteiger partial charge on any atom is -0.357 e. The number of nitrogens with one attached hydrogen (secondary N) is 1. The number of anilines is 1. The van der Waals surface area contributed by atoms with Gasteiger partial charge in [0, 0.05) is 18.4 Å². The Morgan fingerprint density at radius 2 is 1.79 bits per heavy atom. The maximum Gasteiger partial charge on any atom is 0.271 e. The van der Waals surface area contributed by atoms with E-state index < -0.39 is 0 Å². The molecule has 0 unspecified atom stereocenters. The second-order valence-electron chi connectivity index (χ2n) is 7.20. The lowest BCUT2D eigenvalue weighted by atomic mass is 10.0. The molecular weight excluding hydrogens is 350 g/mol. The highest BCUT2D eigenvalue weighted by Gasteiger charge is 2.36. The number of carbonyl (C=O) groups excluding carboxylic acids is 2. The summed E-state index contributed by atoms with van der Waals surface area (Å²) < 4.78 is 0. The molecule has 1 atom stereocenters. The van der Waals surface area contributed by atoms with Gasteiger partial charge in [-0.15, -0.1) is 0 Å². The summed E-state index contributed by atoms with van der Waals surface area (Å²) in [7, 11) is 0. The Balaban J connectivity index is 1.63. The van der Waals surface area contributed by atoms with Gasteiger partial charge in [0.25, 0.3) is 5.91 Å². The van der Waals surface area contributed by atoms with E-state index >= 15 is 0 Å². The van der Waals surface area contributed by atoms with E-state index in [0.29, 0.717) is 18.7 Å². The molecule has 0 spiro atoms. The molecule has 3 aromatic rings. The molecule has 1 N–H and O–H groups in total. The molecule has 0 saturated carbocycles. The fourth-order valence-corrected chi connectivity index (χ4v) is 3.66. The molecule has 0 bridgehead atoms. The number of hydrogen-bond donors (Lipinski definition) is 1. The van der Waals surface area contributed by atoms with E-state index in [2.05, 4.69) is 17.1 Å². The van der Waals surface area contributed by atoms with Crippen LogP contribution in [0.5, 0.6) is 0 Å². The monoisotopic (exact) mass is 373 g/mol. The Labute approximate surface area is 164 Å². The number of H-pyrrole nitrogens is 1. The SMILES string of the molecule is Cc1ccc(N2C[C@H](Cc3ccccc3)N(C(=O)c3ccc[nH]3)CC2=O)cc1. The number of piperazine rings is 1. The van der Waals surface area contributed by atoms with E-state index in [1.807, 2.05) is 49.4 Å². The predicted molar refractivity (Wildman–Crippen MR) is 109 cm³/mol. The minimum atomic E-state index is -0.136. The summed E-state index contributed by atoms with van der Waals surface area (Å²) in [6.07, 6.45) is 2.42. The third-order valence-electron chi connectivity index (χ3n) is 5.19.